The molecular weight excluding hydrogens is 348 g/mol. The summed E-state index contributed by atoms with van der Waals surface area (Å²) in [5.74, 6) is 0.620. The normalized spacial score (nSPS) is 16.4. The number of nitrogens with one attached hydrogen (secondary N) is 1. The molecule has 0 bridgehead atoms. The van der Waals surface area contributed by atoms with Crippen molar-refractivity contribution in [3.05, 3.63) is 72.1 Å². The second kappa shape index (κ2) is 7.89. The molecule has 1 amide bonds. The van der Waals surface area contributed by atoms with Crippen molar-refractivity contribution in [2.75, 3.05) is 23.3 Å². The van der Waals surface area contributed by atoms with Crippen LogP contribution in [0.3, 0.4) is 0 Å². The van der Waals surface area contributed by atoms with E-state index in [9.17, 15) is 4.79 Å². The van der Waals surface area contributed by atoms with Gasteiger partial charge < -0.3 is 10.2 Å². The monoisotopic (exact) mass is 374 g/mol. The average molecular weight is 374 g/mol. The van der Waals surface area contributed by atoms with Crippen molar-refractivity contribution in [3.63, 3.8) is 0 Å². The standard InChI is InChI=1S/C23H26N4O/c1-3-22-21(15-24-27(22)20-7-5-4-6-8-20)23(28)25-18-9-11-19(12-10-18)26-14-13-17(2)16-26/h4-12,15,17H,3,13-14,16H2,1-2H3,(H,25,28). The Morgan fingerprint density at radius 3 is 2.50 bits per heavy atom. The van der Waals surface area contributed by atoms with Gasteiger partial charge in [0, 0.05) is 24.5 Å². The van der Waals surface area contributed by atoms with Crippen LogP contribution >= 0.6 is 0 Å². The Labute approximate surface area is 166 Å². The summed E-state index contributed by atoms with van der Waals surface area (Å²) in [6, 6.07) is 18.0. The topological polar surface area (TPSA) is 50.2 Å². The van der Waals surface area contributed by atoms with Gasteiger partial charge in [-0.25, -0.2) is 4.68 Å². The SMILES string of the molecule is CCc1c(C(=O)Nc2ccc(N3CCC(C)C3)cc2)cnn1-c1ccccc1. The van der Waals surface area contributed by atoms with Crippen LogP contribution in [0, 0.1) is 5.92 Å². The van der Waals surface area contributed by atoms with E-state index in [2.05, 4.69) is 34.4 Å². The molecule has 2 aromatic carbocycles. The first-order chi connectivity index (χ1) is 13.7. The Morgan fingerprint density at radius 1 is 1.11 bits per heavy atom. The van der Waals surface area contributed by atoms with E-state index in [0.29, 0.717) is 5.56 Å². The van der Waals surface area contributed by atoms with Gasteiger partial charge in [0.1, 0.15) is 0 Å². The fourth-order valence-electron chi connectivity index (χ4n) is 3.82. The number of para-hydroxylation sites is 1. The van der Waals surface area contributed by atoms with Gasteiger partial charge in [0.15, 0.2) is 0 Å². The molecular formula is C23H26N4O. The zero-order valence-corrected chi connectivity index (χ0v) is 16.4. The summed E-state index contributed by atoms with van der Waals surface area (Å²) in [6.07, 6.45) is 3.62. The molecule has 3 aromatic rings. The van der Waals surface area contributed by atoms with E-state index in [4.69, 9.17) is 0 Å². The smallest absolute Gasteiger partial charge is 0.259 e. The number of hydrogen-bond donors (Lipinski definition) is 1. The Bertz CT molecular complexity index is 946. The lowest BCUT2D eigenvalue weighted by Gasteiger charge is -2.18. The van der Waals surface area contributed by atoms with Gasteiger partial charge in [-0.1, -0.05) is 32.0 Å². The van der Waals surface area contributed by atoms with Gasteiger partial charge in [0.05, 0.1) is 23.1 Å². The first-order valence-electron chi connectivity index (χ1n) is 9.94. The van der Waals surface area contributed by atoms with Crippen molar-refractivity contribution in [1.29, 1.82) is 0 Å². The van der Waals surface area contributed by atoms with E-state index in [1.807, 2.05) is 54.1 Å². The lowest BCUT2D eigenvalue weighted by atomic mass is 10.1. The maximum atomic E-state index is 12.8. The zero-order chi connectivity index (χ0) is 19.5. The average Bonchev–Trinajstić information content (AvgIpc) is 3.35. The van der Waals surface area contributed by atoms with Crippen molar-refractivity contribution in [3.8, 4) is 5.69 Å². The van der Waals surface area contributed by atoms with Gasteiger partial charge in [-0.2, -0.15) is 5.10 Å². The molecule has 0 saturated carbocycles. The lowest BCUT2D eigenvalue weighted by molar-refractivity contribution is 0.102. The molecule has 5 nitrogen and oxygen atoms in total. The Kier molecular flexibility index (Phi) is 5.15. The van der Waals surface area contributed by atoms with E-state index in [1.165, 1.54) is 12.1 Å². The number of carbonyl (C=O) groups is 1. The molecule has 1 saturated heterocycles. The summed E-state index contributed by atoms with van der Waals surface area (Å²) in [4.78, 5) is 15.2. The molecule has 1 fully saturated rings. The van der Waals surface area contributed by atoms with E-state index >= 15 is 0 Å². The molecule has 5 heteroatoms. The summed E-state index contributed by atoms with van der Waals surface area (Å²) in [5.41, 5.74) is 4.50. The van der Waals surface area contributed by atoms with Crippen LogP contribution in [0.1, 0.15) is 36.3 Å². The maximum Gasteiger partial charge on any atom is 0.259 e. The second-order valence-electron chi connectivity index (χ2n) is 7.45. The van der Waals surface area contributed by atoms with Gasteiger partial charge in [-0.3, -0.25) is 4.79 Å². The van der Waals surface area contributed by atoms with Gasteiger partial charge in [-0.15, -0.1) is 0 Å². The number of nitrogens with zero attached hydrogens (tertiary/aromatic N) is 3. The zero-order valence-electron chi connectivity index (χ0n) is 16.4. The molecule has 28 heavy (non-hydrogen) atoms. The quantitative estimate of drug-likeness (QED) is 0.714. The summed E-state index contributed by atoms with van der Waals surface area (Å²) in [6.45, 7) is 6.53. The van der Waals surface area contributed by atoms with Gasteiger partial charge in [0.25, 0.3) is 5.91 Å². The predicted molar refractivity (Wildman–Crippen MR) is 113 cm³/mol. The number of rotatable bonds is 5. The van der Waals surface area contributed by atoms with Crippen LogP contribution in [0.4, 0.5) is 11.4 Å². The third kappa shape index (κ3) is 3.65. The van der Waals surface area contributed by atoms with Crippen molar-refractivity contribution in [2.45, 2.75) is 26.7 Å². The molecule has 1 aromatic heterocycles. The van der Waals surface area contributed by atoms with E-state index in [-0.39, 0.29) is 5.91 Å². The molecule has 1 unspecified atom stereocenters. The van der Waals surface area contributed by atoms with Crippen LogP contribution in [0.15, 0.2) is 60.8 Å². The molecule has 1 aliphatic heterocycles. The molecule has 1 aliphatic rings. The molecule has 4 rings (SSSR count). The number of hydrogen-bond acceptors (Lipinski definition) is 3. The minimum absolute atomic E-state index is 0.124. The Balaban J connectivity index is 1.50. The van der Waals surface area contributed by atoms with Crippen molar-refractivity contribution in [1.82, 2.24) is 9.78 Å². The van der Waals surface area contributed by atoms with Crippen LogP contribution in [-0.4, -0.2) is 28.8 Å². The third-order valence-corrected chi connectivity index (χ3v) is 5.36. The fourth-order valence-corrected chi connectivity index (χ4v) is 3.82. The number of carbonyl (C=O) groups excluding carboxylic acids is 1. The highest BCUT2D eigenvalue weighted by molar-refractivity contribution is 6.05. The van der Waals surface area contributed by atoms with Gasteiger partial charge >= 0.3 is 0 Å². The van der Waals surface area contributed by atoms with Crippen molar-refractivity contribution >= 4 is 17.3 Å². The largest absolute Gasteiger partial charge is 0.371 e. The molecule has 2 heterocycles. The lowest BCUT2D eigenvalue weighted by Crippen LogP contribution is -2.19. The first-order valence-corrected chi connectivity index (χ1v) is 9.94. The van der Waals surface area contributed by atoms with Crippen LogP contribution in [0.2, 0.25) is 0 Å². The minimum atomic E-state index is -0.124. The summed E-state index contributed by atoms with van der Waals surface area (Å²) < 4.78 is 1.84. The maximum absolute atomic E-state index is 12.8. The third-order valence-electron chi connectivity index (χ3n) is 5.36. The van der Waals surface area contributed by atoms with Crippen LogP contribution in [-0.2, 0) is 6.42 Å². The highest BCUT2D eigenvalue weighted by atomic mass is 16.1. The highest BCUT2D eigenvalue weighted by Crippen LogP contribution is 2.25. The molecule has 0 radical (unpaired) electrons. The van der Waals surface area contributed by atoms with Crippen LogP contribution in [0.25, 0.3) is 5.69 Å². The van der Waals surface area contributed by atoms with Gasteiger partial charge in [0.2, 0.25) is 0 Å². The number of amides is 1. The Hall–Kier alpha value is -3.08. The van der Waals surface area contributed by atoms with E-state index < -0.39 is 0 Å². The van der Waals surface area contributed by atoms with E-state index in [1.54, 1.807) is 6.20 Å². The molecule has 0 aliphatic carbocycles. The summed E-state index contributed by atoms with van der Waals surface area (Å²) in [5, 5.41) is 7.46. The second-order valence-corrected chi connectivity index (χ2v) is 7.45. The number of aromatic nitrogens is 2. The van der Waals surface area contributed by atoms with E-state index in [0.717, 1.165) is 42.5 Å². The fraction of sp³-hybridized carbons (Fsp3) is 0.304. The first kappa shape index (κ1) is 18.3. The minimum Gasteiger partial charge on any atom is -0.371 e. The van der Waals surface area contributed by atoms with Crippen LogP contribution < -0.4 is 10.2 Å². The highest BCUT2D eigenvalue weighted by Gasteiger charge is 2.20. The number of benzene rings is 2. The van der Waals surface area contributed by atoms with Crippen molar-refractivity contribution in [2.24, 2.45) is 5.92 Å². The predicted octanol–water partition coefficient (Wildman–Crippen LogP) is 4.53. The molecule has 144 valence electrons. The van der Waals surface area contributed by atoms with Crippen LogP contribution in [0.5, 0.6) is 0 Å². The van der Waals surface area contributed by atoms with Crippen molar-refractivity contribution < 1.29 is 4.79 Å². The summed E-state index contributed by atoms with van der Waals surface area (Å²) in [7, 11) is 0. The summed E-state index contributed by atoms with van der Waals surface area (Å²) >= 11 is 0. The Morgan fingerprint density at radius 2 is 1.86 bits per heavy atom. The molecule has 0 spiro atoms. The number of anilines is 2. The molecule has 1 atom stereocenters. The van der Waals surface area contributed by atoms with Gasteiger partial charge in [-0.05, 0) is 55.2 Å². The molecule has 1 N–H and O–H groups in total.